The number of amides is 4. The molecule has 3 N–H and O–H groups in total. The molecule has 28 heavy (non-hydrogen) atoms. The number of hydrogen-bond acceptors (Lipinski definition) is 6. The van der Waals surface area contributed by atoms with Gasteiger partial charge in [0.25, 0.3) is 11.8 Å². The molecule has 0 aliphatic carbocycles. The molecule has 0 aliphatic rings. The van der Waals surface area contributed by atoms with Gasteiger partial charge in [-0.3, -0.25) is 19.7 Å². The first-order valence-electron chi connectivity index (χ1n) is 8.50. The predicted molar refractivity (Wildman–Crippen MR) is 99.7 cm³/mol. The molecule has 0 spiro atoms. The summed E-state index contributed by atoms with van der Waals surface area (Å²) in [4.78, 5) is 46.7. The quantitative estimate of drug-likeness (QED) is 0.623. The molecule has 1 aromatic heterocycles. The van der Waals surface area contributed by atoms with Crippen molar-refractivity contribution in [2.45, 2.75) is 20.3 Å². The van der Waals surface area contributed by atoms with E-state index in [0.29, 0.717) is 5.69 Å². The standard InChI is InChI=1S/C19H21N3O6/c1-12-5-6-14(13(2)10-12)21-19(26)22-16(23)11-28-17(24)7-8-20-18(25)15-4-3-9-27-15/h3-6,9-10H,7-8,11H2,1-2H3,(H,20,25)(H2,21,22,23,26). The predicted octanol–water partition coefficient (Wildman–Crippen LogP) is 1.91. The molecule has 0 aliphatic heterocycles. The fraction of sp³-hybridized carbons (Fsp3) is 0.263. The molecule has 0 unspecified atom stereocenters. The Morgan fingerprint density at radius 3 is 2.57 bits per heavy atom. The molecule has 0 radical (unpaired) electrons. The molecular weight excluding hydrogens is 366 g/mol. The highest BCUT2D eigenvalue weighted by atomic mass is 16.5. The number of benzene rings is 1. The summed E-state index contributed by atoms with van der Waals surface area (Å²) in [5.74, 6) is -1.79. The Bertz CT molecular complexity index is 861. The average Bonchev–Trinajstić information content (AvgIpc) is 3.17. The van der Waals surface area contributed by atoms with Crippen LogP contribution in [-0.2, 0) is 14.3 Å². The van der Waals surface area contributed by atoms with Crippen molar-refractivity contribution in [2.24, 2.45) is 0 Å². The van der Waals surface area contributed by atoms with Gasteiger partial charge in [0.2, 0.25) is 0 Å². The Balaban J connectivity index is 1.65. The van der Waals surface area contributed by atoms with Gasteiger partial charge in [-0.2, -0.15) is 0 Å². The number of rotatable bonds is 7. The van der Waals surface area contributed by atoms with Gasteiger partial charge in [0.1, 0.15) is 0 Å². The third-order valence-corrected chi connectivity index (χ3v) is 3.61. The van der Waals surface area contributed by atoms with Crippen molar-refractivity contribution in [1.82, 2.24) is 10.6 Å². The van der Waals surface area contributed by atoms with E-state index in [1.54, 1.807) is 12.1 Å². The van der Waals surface area contributed by atoms with Crippen molar-refractivity contribution in [3.05, 3.63) is 53.5 Å². The number of imide groups is 1. The number of urea groups is 1. The van der Waals surface area contributed by atoms with E-state index in [2.05, 4.69) is 16.0 Å². The van der Waals surface area contributed by atoms with Gasteiger partial charge in [-0.25, -0.2) is 4.79 Å². The fourth-order valence-electron chi connectivity index (χ4n) is 2.26. The molecule has 0 atom stereocenters. The lowest BCUT2D eigenvalue weighted by atomic mass is 10.1. The van der Waals surface area contributed by atoms with Crippen LogP contribution in [-0.4, -0.2) is 37.0 Å². The molecule has 2 aromatic rings. The summed E-state index contributed by atoms with van der Waals surface area (Å²) in [6.07, 6.45) is 1.23. The van der Waals surface area contributed by atoms with Crippen LogP contribution in [0.15, 0.2) is 41.0 Å². The van der Waals surface area contributed by atoms with E-state index >= 15 is 0 Å². The Labute approximate surface area is 161 Å². The second kappa shape index (κ2) is 9.91. The van der Waals surface area contributed by atoms with Gasteiger partial charge in [-0.1, -0.05) is 17.7 Å². The van der Waals surface area contributed by atoms with Crippen LogP contribution in [0.4, 0.5) is 10.5 Å². The molecule has 0 bridgehead atoms. The maximum absolute atomic E-state index is 11.8. The van der Waals surface area contributed by atoms with Gasteiger partial charge in [-0.05, 0) is 37.6 Å². The minimum Gasteiger partial charge on any atom is -0.459 e. The van der Waals surface area contributed by atoms with E-state index in [-0.39, 0.29) is 18.7 Å². The highest BCUT2D eigenvalue weighted by Gasteiger charge is 2.13. The largest absolute Gasteiger partial charge is 0.459 e. The van der Waals surface area contributed by atoms with Crippen molar-refractivity contribution >= 4 is 29.5 Å². The van der Waals surface area contributed by atoms with Gasteiger partial charge >= 0.3 is 12.0 Å². The Morgan fingerprint density at radius 1 is 1.11 bits per heavy atom. The number of carbonyl (C=O) groups is 4. The topological polar surface area (TPSA) is 127 Å². The van der Waals surface area contributed by atoms with Crippen LogP contribution in [0.5, 0.6) is 0 Å². The fourth-order valence-corrected chi connectivity index (χ4v) is 2.26. The number of ether oxygens (including phenoxy) is 1. The van der Waals surface area contributed by atoms with Crippen LogP contribution in [0.25, 0.3) is 0 Å². The first-order chi connectivity index (χ1) is 13.3. The lowest BCUT2D eigenvalue weighted by Crippen LogP contribution is -2.37. The summed E-state index contributed by atoms with van der Waals surface area (Å²) in [6, 6.07) is 7.78. The zero-order valence-electron chi connectivity index (χ0n) is 15.5. The highest BCUT2D eigenvalue weighted by Crippen LogP contribution is 2.15. The summed E-state index contributed by atoms with van der Waals surface area (Å²) >= 11 is 0. The van der Waals surface area contributed by atoms with E-state index in [1.807, 2.05) is 26.0 Å². The summed E-state index contributed by atoms with van der Waals surface area (Å²) in [6.45, 7) is 3.17. The van der Waals surface area contributed by atoms with Gasteiger partial charge < -0.3 is 19.8 Å². The summed E-state index contributed by atoms with van der Waals surface area (Å²) in [7, 11) is 0. The van der Waals surface area contributed by atoms with E-state index in [4.69, 9.17) is 9.15 Å². The second-order valence-electron chi connectivity index (χ2n) is 5.96. The van der Waals surface area contributed by atoms with E-state index in [0.717, 1.165) is 11.1 Å². The molecule has 0 fully saturated rings. The minimum absolute atomic E-state index is 0.0210. The van der Waals surface area contributed by atoms with Gasteiger partial charge in [0.05, 0.1) is 12.7 Å². The maximum atomic E-state index is 11.8. The van der Waals surface area contributed by atoms with Crippen molar-refractivity contribution < 1.29 is 28.3 Å². The third kappa shape index (κ3) is 6.60. The summed E-state index contributed by atoms with van der Waals surface area (Å²) in [5.41, 5.74) is 2.47. The maximum Gasteiger partial charge on any atom is 0.325 e. The van der Waals surface area contributed by atoms with Crippen LogP contribution in [0, 0.1) is 13.8 Å². The molecular formula is C19H21N3O6. The molecule has 0 saturated heterocycles. The number of aryl methyl sites for hydroxylation is 2. The lowest BCUT2D eigenvalue weighted by Gasteiger charge is -2.10. The normalized spacial score (nSPS) is 10.1. The smallest absolute Gasteiger partial charge is 0.325 e. The number of carbonyl (C=O) groups excluding carboxylic acids is 4. The first kappa shape index (κ1) is 20.7. The number of anilines is 1. The van der Waals surface area contributed by atoms with Crippen molar-refractivity contribution in [3.8, 4) is 0 Å². The third-order valence-electron chi connectivity index (χ3n) is 3.61. The zero-order valence-corrected chi connectivity index (χ0v) is 15.5. The molecule has 2 rings (SSSR count). The number of esters is 1. The highest BCUT2D eigenvalue weighted by molar-refractivity contribution is 6.02. The number of hydrogen-bond donors (Lipinski definition) is 3. The van der Waals surface area contributed by atoms with E-state index in [1.165, 1.54) is 12.3 Å². The number of nitrogens with one attached hydrogen (secondary N) is 3. The second-order valence-corrected chi connectivity index (χ2v) is 5.96. The summed E-state index contributed by atoms with van der Waals surface area (Å²) in [5, 5.41) is 7.09. The summed E-state index contributed by atoms with van der Waals surface area (Å²) < 4.78 is 9.67. The lowest BCUT2D eigenvalue weighted by molar-refractivity contribution is -0.148. The molecule has 1 heterocycles. The zero-order chi connectivity index (χ0) is 20.5. The average molecular weight is 387 g/mol. The van der Waals surface area contributed by atoms with Crippen LogP contribution >= 0.6 is 0 Å². The molecule has 9 heteroatoms. The van der Waals surface area contributed by atoms with Crippen LogP contribution in [0.1, 0.15) is 28.1 Å². The van der Waals surface area contributed by atoms with Gasteiger partial charge in [0.15, 0.2) is 12.4 Å². The van der Waals surface area contributed by atoms with E-state index in [9.17, 15) is 19.2 Å². The van der Waals surface area contributed by atoms with Crippen LogP contribution in [0.2, 0.25) is 0 Å². The first-order valence-corrected chi connectivity index (χ1v) is 8.50. The Morgan fingerprint density at radius 2 is 1.89 bits per heavy atom. The minimum atomic E-state index is -0.768. The monoisotopic (exact) mass is 387 g/mol. The SMILES string of the molecule is Cc1ccc(NC(=O)NC(=O)COC(=O)CCNC(=O)c2ccco2)c(C)c1. The number of furan rings is 1. The molecule has 1 aromatic carbocycles. The van der Waals surface area contributed by atoms with Crippen molar-refractivity contribution in [1.29, 1.82) is 0 Å². The van der Waals surface area contributed by atoms with Crippen LogP contribution in [0.3, 0.4) is 0 Å². The van der Waals surface area contributed by atoms with E-state index < -0.39 is 30.4 Å². The molecule has 4 amide bonds. The molecule has 9 nitrogen and oxygen atoms in total. The van der Waals surface area contributed by atoms with Crippen molar-refractivity contribution in [3.63, 3.8) is 0 Å². The Kier molecular flexibility index (Phi) is 7.32. The molecule has 148 valence electrons. The van der Waals surface area contributed by atoms with Crippen LogP contribution < -0.4 is 16.0 Å². The Hall–Kier alpha value is -3.62. The van der Waals surface area contributed by atoms with Gasteiger partial charge in [0, 0.05) is 12.2 Å². The van der Waals surface area contributed by atoms with Crippen molar-refractivity contribution in [2.75, 3.05) is 18.5 Å². The molecule has 0 saturated carbocycles. The van der Waals surface area contributed by atoms with Gasteiger partial charge in [-0.15, -0.1) is 0 Å².